The van der Waals surface area contributed by atoms with E-state index in [0.29, 0.717) is 0 Å². The molecular formula is C12H18N5O14P3. The van der Waals surface area contributed by atoms with Crippen LogP contribution in [0.25, 0.3) is 11.2 Å². The average molecular weight is 549 g/mol. The predicted molar refractivity (Wildman–Crippen MR) is 105 cm³/mol. The highest BCUT2D eigenvalue weighted by Crippen LogP contribution is 2.66. The van der Waals surface area contributed by atoms with Crippen molar-refractivity contribution >= 4 is 46.4 Å². The van der Waals surface area contributed by atoms with E-state index < -0.39 is 60.6 Å². The molecule has 0 aromatic carbocycles. The van der Waals surface area contributed by atoms with E-state index in [9.17, 15) is 33.4 Å². The summed E-state index contributed by atoms with van der Waals surface area (Å²) >= 11 is 0. The number of aliphatic hydroxyl groups is 1. The maximum atomic E-state index is 11.9. The summed E-state index contributed by atoms with van der Waals surface area (Å²) < 4.78 is 57.7. The molecular weight excluding hydrogens is 531 g/mol. The van der Waals surface area contributed by atoms with Crippen molar-refractivity contribution in [1.82, 2.24) is 19.5 Å². The average Bonchev–Trinajstić information content (AvgIpc) is 3.20. The molecule has 22 heteroatoms. The molecule has 7 N–H and O–H groups in total. The van der Waals surface area contributed by atoms with Gasteiger partial charge in [0, 0.05) is 6.92 Å². The van der Waals surface area contributed by atoms with E-state index in [1.54, 1.807) is 0 Å². The lowest BCUT2D eigenvalue weighted by molar-refractivity contribution is -0.155. The number of nitrogens with zero attached hydrogens (tertiary/aromatic N) is 4. The summed E-state index contributed by atoms with van der Waals surface area (Å²) in [5, 5.41) is 10.6. The summed E-state index contributed by atoms with van der Waals surface area (Å²) in [5.41, 5.74) is 6.03. The second-order valence-electron chi connectivity index (χ2n) is 6.60. The van der Waals surface area contributed by atoms with Crippen molar-refractivity contribution in [2.24, 2.45) is 0 Å². The van der Waals surface area contributed by atoms with Crippen molar-refractivity contribution in [3.63, 3.8) is 0 Å². The Morgan fingerprint density at radius 2 is 1.82 bits per heavy atom. The minimum Gasteiger partial charge on any atom is -0.455 e. The molecule has 34 heavy (non-hydrogen) atoms. The molecule has 0 spiro atoms. The minimum absolute atomic E-state index is 0.0236. The number of esters is 1. The summed E-state index contributed by atoms with van der Waals surface area (Å²) in [7, 11) is -16.8. The first kappa shape index (κ1) is 26.7. The van der Waals surface area contributed by atoms with E-state index in [1.807, 2.05) is 0 Å². The molecule has 190 valence electrons. The third-order valence-electron chi connectivity index (χ3n) is 4.09. The van der Waals surface area contributed by atoms with Crippen LogP contribution in [0.2, 0.25) is 0 Å². The summed E-state index contributed by atoms with van der Waals surface area (Å²) in [6.07, 6.45) is -3.52. The Morgan fingerprint density at radius 3 is 2.44 bits per heavy atom. The van der Waals surface area contributed by atoms with Crippen LogP contribution >= 0.6 is 23.5 Å². The number of phosphoric acid groups is 3. The molecule has 1 aliphatic heterocycles. The van der Waals surface area contributed by atoms with E-state index in [2.05, 4.69) is 28.1 Å². The number of aromatic nitrogens is 4. The Bertz CT molecular complexity index is 1220. The van der Waals surface area contributed by atoms with Crippen LogP contribution in [-0.4, -0.2) is 75.1 Å². The SMILES string of the molecule is CC(=O)O[C@H]1C(O)[C@@H](COP(=O)(O)OP(=O)(O)OP(=O)(O)O)O[C@H]1n1cnc2c(N)ncnc21. The highest BCUT2D eigenvalue weighted by molar-refractivity contribution is 7.66. The van der Waals surface area contributed by atoms with Gasteiger partial charge in [0.15, 0.2) is 23.8 Å². The van der Waals surface area contributed by atoms with Gasteiger partial charge in [0.05, 0.1) is 12.9 Å². The van der Waals surface area contributed by atoms with Gasteiger partial charge in [-0.05, 0) is 0 Å². The van der Waals surface area contributed by atoms with Crippen molar-refractivity contribution < 1.29 is 65.8 Å². The zero-order chi connectivity index (χ0) is 25.5. The smallest absolute Gasteiger partial charge is 0.455 e. The van der Waals surface area contributed by atoms with Crippen LogP contribution in [-0.2, 0) is 41.1 Å². The number of ether oxygens (including phenoxy) is 2. The zero-order valence-electron chi connectivity index (χ0n) is 16.8. The molecule has 6 atom stereocenters. The van der Waals surface area contributed by atoms with Crippen molar-refractivity contribution in [3.8, 4) is 0 Å². The molecule has 1 saturated heterocycles. The molecule has 1 aliphatic rings. The maximum absolute atomic E-state index is 11.9. The number of carbonyl (C=O) groups excluding carboxylic acids is 1. The fourth-order valence-corrected chi connectivity index (χ4v) is 5.96. The van der Waals surface area contributed by atoms with Gasteiger partial charge < -0.3 is 39.9 Å². The molecule has 0 radical (unpaired) electrons. The molecule has 3 unspecified atom stereocenters. The van der Waals surface area contributed by atoms with Gasteiger partial charge in [0.25, 0.3) is 0 Å². The lowest BCUT2D eigenvalue weighted by Gasteiger charge is -2.21. The van der Waals surface area contributed by atoms with E-state index in [0.717, 1.165) is 13.3 Å². The molecule has 2 aromatic rings. The molecule has 0 aliphatic carbocycles. The predicted octanol–water partition coefficient (Wildman–Crippen LogP) is -1.06. The Labute approximate surface area is 188 Å². The first-order valence-corrected chi connectivity index (χ1v) is 13.3. The standard InChI is InChI=1S/C12H18N5O14P3/c1-5(18)28-9-8(19)6(2-27-33(23,24)31-34(25,26)30-32(20,21)22)29-12(9)17-4-16-7-10(13)14-3-15-11(7)17/h3-4,6,8-9,12,19H,2H2,1H3,(H,23,24)(H,25,26)(H2,13,14,15)(H2,20,21,22)/t6-,8?,9+,12-/m1/s1. The monoisotopic (exact) mass is 549 g/mol. The third-order valence-corrected chi connectivity index (χ3v) is 7.90. The van der Waals surface area contributed by atoms with Gasteiger partial charge in [-0.3, -0.25) is 13.9 Å². The van der Waals surface area contributed by atoms with E-state index in [1.165, 1.54) is 10.9 Å². The molecule has 2 aromatic heterocycles. The van der Waals surface area contributed by atoms with Gasteiger partial charge in [-0.25, -0.2) is 28.6 Å². The summed E-state index contributed by atoms with van der Waals surface area (Å²) in [5.74, 6) is -0.791. The van der Waals surface area contributed by atoms with Crippen molar-refractivity contribution in [3.05, 3.63) is 12.7 Å². The normalized spacial score (nSPS) is 26.8. The zero-order valence-corrected chi connectivity index (χ0v) is 19.5. The van der Waals surface area contributed by atoms with Crippen molar-refractivity contribution in [2.45, 2.75) is 31.5 Å². The molecule has 0 saturated carbocycles. The van der Waals surface area contributed by atoms with Crippen molar-refractivity contribution in [2.75, 3.05) is 12.3 Å². The highest BCUT2D eigenvalue weighted by atomic mass is 31.3. The van der Waals surface area contributed by atoms with Crippen LogP contribution in [0.5, 0.6) is 0 Å². The molecule has 1 fully saturated rings. The number of rotatable bonds is 9. The Kier molecular flexibility index (Phi) is 7.60. The van der Waals surface area contributed by atoms with Crippen LogP contribution in [0.15, 0.2) is 12.7 Å². The Hall–Kier alpha value is -1.85. The lowest BCUT2D eigenvalue weighted by atomic mass is 10.1. The van der Waals surface area contributed by atoms with Crippen LogP contribution in [0, 0.1) is 0 Å². The van der Waals surface area contributed by atoms with Crippen molar-refractivity contribution in [1.29, 1.82) is 0 Å². The van der Waals surface area contributed by atoms with E-state index in [-0.39, 0.29) is 17.0 Å². The third kappa shape index (κ3) is 6.42. The first-order valence-electron chi connectivity index (χ1n) is 8.81. The molecule has 19 nitrogen and oxygen atoms in total. The van der Waals surface area contributed by atoms with E-state index in [4.69, 9.17) is 25.0 Å². The second kappa shape index (κ2) is 9.66. The summed E-state index contributed by atoms with van der Waals surface area (Å²) in [4.78, 5) is 59.2. The molecule has 3 rings (SSSR count). The number of fused-ring (bicyclic) bond motifs is 1. The number of aliphatic hydroxyl groups excluding tert-OH is 1. The Balaban J connectivity index is 1.78. The fourth-order valence-electron chi connectivity index (χ4n) is 2.93. The van der Waals surface area contributed by atoms with Gasteiger partial charge in [0.2, 0.25) is 0 Å². The van der Waals surface area contributed by atoms with Gasteiger partial charge in [-0.15, -0.1) is 0 Å². The van der Waals surface area contributed by atoms with E-state index >= 15 is 0 Å². The maximum Gasteiger partial charge on any atom is 0.490 e. The number of phosphoric ester groups is 1. The topological polar surface area (TPSA) is 285 Å². The second-order valence-corrected chi connectivity index (χ2v) is 11.0. The number of nitrogens with two attached hydrogens (primary N) is 1. The van der Waals surface area contributed by atoms with Crippen LogP contribution in [0.3, 0.4) is 0 Å². The number of anilines is 1. The highest BCUT2D eigenvalue weighted by Gasteiger charge is 2.49. The molecule has 3 heterocycles. The quantitative estimate of drug-likeness (QED) is 0.160. The van der Waals surface area contributed by atoms with Gasteiger partial charge in [-0.2, -0.15) is 8.62 Å². The van der Waals surface area contributed by atoms with Gasteiger partial charge >= 0.3 is 29.4 Å². The number of carbonyl (C=O) groups is 1. The fraction of sp³-hybridized carbons (Fsp3) is 0.500. The summed E-state index contributed by atoms with van der Waals surface area (Å²) in [6.45, 7) is 0.0677. The number of imidazole rings is 1. The largest absolute Gasteiger partial charge is 0.490 e. The van der Waals surface area contributed by atoms with Crippen LogP contribution in [0.4, 0.5) is 5.82 Å². The number of hydrogen-bond donors (Lipinski definition) is 6. The first-order chi connectivity index (χ1) is 15.6. The Morgan fingerprint density at radius 1 is 1.15 bits per heavy atom. The molecule has 0 bridgehead atoms. The van der Waals surface area contributed by atoms with Gasteiger partial charge in [-0.1, -0.05) is 0 Å². The number of hydrogen-bond acceptors (Lipinski definition) is 14. The molecule has 0 amide bonds. The number of nitrogen functional groups attached to an aromatic ring is 1. The van der Waals surface area contributed by atoms with Gasteiger partial charge in [0.1, 0.15) is 24.1 Å². The van der Waals surface area contributed by atoms with Crippen LogP contribution < -0.4 is 5.73 Å². The lowest BCUT2D eigenvalue weighted by Crippen LogP contribution is -2.36. The minimum atomic E-state index is -5.74. The van der Waals surface area contributed by atoms with Crippen LogP contribution in [0.1, 0.15) is 13.2 Å². The summed E-state index contributed by atoms with van der Waals surface area (Å²) in [6, 6.07) is 0.